The van der Waals surface area contributed by atoms with Crippen molar-refractivity contribution in [3.05, 3.63) is 42.4 Å². The van der Waals surface area contributed by atoms with E-state index in [2.05, 4.69) is 15.0 Å². The van der Waals surface area contributed by atoms with Crippen molar-refractivity contribution in [2.45, 2.75) is 10.2 Å². The minimum atomic E-state index is -0.997. The summed E-state index contributed by atoms with van der Waals surface area (Å²) in [5.74, 6) is -0.997. The highest BCUT2D eigenvalue weighted by Gasteiger charge is 2.11. The molecule has 0 bridgehead atoms. The second kappa shape index (κ2) is 4.69. The van der Waals surface area contributed by atoms with E-state index in [-0.39, 0.29) is 5.56 Å². The Bertz CT molecular complexity index is 742. The number of nitrogens with zero attached hydrogens (tertiary/aromatic N) is 3. The van der Waals surface area contributed by atoms with Crippen molar-refractivity contribution in [1.29, 1.82) is 0 Å². The minimum absolute atomic E-state index is 0.169. The Morgan fingerprint density at radius 3 is 2.95 bits per heavy atom. The molecule has 2 heterocycles. The zero-order valence-electron chi connectivity index (χ0n) is 9.48. The Morgan fingerprint density at radius 1 is 1.32 bits per heavy atom. The van der Waals surface area contributed by atoms with E-state index < -0.39 is 5.97 Å². The molecule has 0 atom stereocenters. The molecule has 3 aromatic rings. The maximum Gasteiger partial charge on any atom is 0.335 e. The monoisotopic (exact) mass is 273 g/mol. The van der Waals surface area contributed by atoms with Gasteiger partial charge in [0, 0.05) is 6.20 Å². The van der Waals surface area contributed by atoms with E-state index in [1.54, 1.807) is 18.3 Å². The van der Waals surface area contributed by atoms with Gasteiger partial charge in [0.25, 0.3) is 5.22 Å². The fraction of sp³-hybridized carbons (Fsp3) is 0. The van der Waals surface area contributed by atoms with Gasteiger partial charge in [0.1, 0.15) is 16.9 Å². The second-order valence-corrected chi connectivity index (χ2v) is 4.59. The average molecular weight is 273 g/mol. The van der Waals surface area contributed by atoms with Gasteiger partial charge in [0.05, 0.1) is 5.56 Å². The summed E-state index contributed by atoms with van der Waals surface area (Å²) in [5.41, 5.74) is 1.22. The molecule has 0 radical (unpaired) electrons. The lowest BCUT2D eigenvalue weighted by atomic mass is 10.2. The van der Waals surface area contributed by atoms with Gasteiger partial charge >= 0.3 is 5.97 Å². The van der Waals surface area contributed by atoms with Crippen molar-refractivity contribution in [3.8, 4) is 0 Å². The molecule has 7 heteroatoms. The molecule has 0 amide bonds. The maximum atomic E-state index is 10.9. The van der Waals surface area contributed by atoms with Crippen LogP contribution in [0.5, 0.6) is 0 Å². The molecule has 19 heavy (non-hydrogen) atoms. The highest BCUT2D eigenvalue weighted by molar-refractivity contribution is 7.99. The largest absolute Gasteiger partial charge is 0.478 e. The quantitative estimate of drug-likeness (QED) is 0.733. The highest BCUT2D eigenvalue weighted by Crippen LogP contribution is 2.28. The van der Waals surface area contributed by atoms with Gasteiger partial charge in [-0.2, -0.15) is 0 Å². The summed E-state index contributed by atoms with van der Waals surface area (Å²) in [4.78, 5) is 23.0. The van der Waals surface area contributed by atoms with E-state index in [1.807, 2.05) is 0 Å². The summed E-state index contributed by atoms with van der Waals surface area (Å²) in [6.07, 6.45) is 3.06. The Kier molecular flexibility index (Phi) is 2.88. The molecule has 0 fully saturated rings. The highest BCUT2D eigenvalue weighted by atomic mass is 32.2. The number of rotatable bonds is 3. The fourth-order valence-electron chi connectivity index (χ4n) is 1.51. The van der Waals surface area contributed by atoms with Crippen LogP contribution < -0.4 is 0 Å². The topological polar surface area (TPSA) is 89.1 Å². The van der Waals surface area contributed by atoms with Crippen LogP contribution in [-0.4, -0.2) is 26.0 Å². The number of benzene rings is 1. The first kappa shape index (κ1) is 11.7. The summed E-state index contributed by atoms with van der Waals surface area (Å²) in [6, 6.07) is 6.30. The van der Waals surface area contributed by atoms with Crippen molar-refractivity contribution in [2.24, 2.45) is 0 Å². The molecule has 6 nitrogen and oxygen atoms in total. The van der Waals surface area contributed by atoms with Crippen LogP contribution in [0.2, 0.25) is 0 Å². The van der Waals surface area contributed by atoms with Crippen LogP contribution in [0.15, 0.2) is 51.5 Å². The molecule has 1 aromatic carbocycles. The third-order valence-corrected chi connectivity index (χ3v) is 3.16. The van der Waals surface area contributed by atoms with Gasteiger partial charge in [0.15, 0.2) is 5.58 Å². The van der Waals surface area contributed by atoms with Crippen molar-refractivity contribution in [3.63, 3.8) is 0 Å². The predicted molar refractivity (Wildman–Crippen MR) is 67.1 cm³/mol. The third kappa shape index (κ3) is 2.41. The van der Waals surface area contributed by atoms with Gasteiger partial charge in [-0.05, 0) is 36.0 Å². The molecule has 0 aliphatic heterocycles. The van der Waals surface area contributed by atoms with E-state index in [0.29, 0.717) is 21.3 Å². The van der Waals surface area contributed by atoms with E-state index in [1.165, 1.54) is 30.2 Å². The maximum absolute atomic E-state index is 10.9. The number of aromatic nitrogens is 3. The molecule has 0 aliphatic rings. The van der Waals surface area contributed by atoms with Crippen LogP contribution in [0.25, 0.3) is 11.1 Å². The number of hydrogen-bond donors (Lipinski definition) is 1. The number of hydrogen-bond acceptors (Lipinski definition) is 6. The Hall–Kier alpha value is -2.41. The molecule has 94 valence electrons. The summed E-state index contributed by atoms with van der Waals surface area (Å²) in [5, 5.41) is 10.0. The minimum Gasteiger partial charge on any atom is -0.478 e. The first-order valence-corrected chi connectivity index (χ1v) is 6.12. The lowest BCUT2D eigenvalue weighted by Crippen LogP contribution is -1.94. The van der Waals surface area contributed by atoms with Crippen molar-refractivity contribution >= 4 is 28.8 Å². The fourth-order valence-corrected chi connectivity index (χ4v) is 2.19. The predicted octanol–water partition coefficient (Wildman–Crippen LogP) is 2.47. The summed E-state index contributed by atoms with van der Waals surface area (Å²) >= 11 is 1.25. The number of carboxylic acid groups (broad SMARTS) is 1. The smallest absolute Gasteiger partial charge is 0.335 e. The normalized spacial score (nSPS) is 10.7. The molecule has 0 unspecified atom stereocenters. The number of fused-ring (bicyclic) bond motifs is 1. The molecule has 1 N–H and O–H groups in total. The van der Waals surface area contributed by atoms with Crippen molar-refractivity contribution < 1.29 is 14.3 Å². The van der Waals surface area contributed by atoms with Gasteiger partial charge in [-0.1, -0.05) is 0 Å². The molecular weight excluding hydrogens is 266 g/mol. The zero-order chi connectivity index (χ0) is 13.2. The first-order valence-electron chi connectivity index (χ1n) is 5.30. The molecule has 0 spiro atoms. The molecule has 0 saturated heterocycles. The molecule has 3 rings (SSSR count). The molecule has 0 saturated carbocycles. The summed E-state index contributed by atoms with van der Waals surface area (Å²) < 4.78 is 5.49. The Morgan fingerprint density at radius 2 is 2.21 bits per heavy atom. The van der Waals surface area contributed by atoms with Gasteiger partial charge < -0.3 is 9.52 Å². The molecule has 0 aliphatic carbocycles. The van der Waals surface area contributed by atoms with Gasteiger partial charge in [0.2, 0.25) is 0 Å². The van der Waals surface area contributed by atoms with Crippen LogP contribution in [0.4, 0.5) is 0 Å². The molecular formula is C12H7N3O3S. The Labute approximate surface area is 111 Å². The number of oxazole rings is 1. The standard InChI is InChI=1S/C12H7N3O3S/c16-11(17)7-1-2-8-9(5-7)18-12(15-8)19-10-3-4-13-6-14-10/h1-6H,(H,16,17). The lowest BCUT2D eigenvalue weighted by Gasteiger charge is -1.92. The summed E-state index contributed by atoms with van der Waals surface area (Å²) in [6.45, 7) is 0. The van der Waals surface area contributed by atoms with Gasteiger partial charge in [-0.3, -0.25) is 0 Å². The van der Waals surface area contributed by atoms with E-state index in [4.69, 9.17) is 9.52 Å². The van der Waals surface area contributed by atoms with Gasteiger partial charge in [-0.15, -0.1) is 0 Å². The van der Waals surface area contributed by atoms with E-state index in [0.717, 1.165) is 0 Å². The van der Waals surface area contributed by atoms with Crippen LogP contribution in [-0.2, 0) is 0 Å². The van der Waals surface area contributed by atoms with E-state index >= 15 is 0 Å². The van der Waals surface area contributed by atoms with Crippen LogP contribution in [0.3, 0.4) is 0 Å². The lowest BCUT2D eigenvalue weighted by molar-refractivity contribution is 0.0697. The second-order valence-electron chi connectivity index (χ2n) is 3.62. The van der Waals surface area contributed by atoms with Gasteiger partial charge in [-0.25, -0.2) is 19.7 Å². The SMILES string of the molecule is O=C(O)c1ccc2nc(Sc3ccncn3)oc2c1. The zero-order valence-corrected chi connectivity index (χ0v) is 10.3. The van der Waals surface area contributed by atoms with Crippen molar-refractivity contribution in [2.75, 3.05) is 0 Å². The first-order chi connectivity index (χ1) is 9.22. The number of aromatic carboxylic acids is 1. The van der Waals surface area contributed by atoms with Crippen LogP contribution in [0.1, 0.15) is 10.4 Å². The number of carbonyl (C=O) groups is 1. The van der Waals surface area contributed by atoms with Crippen LogP contribution in [0, 0.1) is 0 Å². The number of carboxylic acids is 1. The summed E-state index contributed by atoms with van der Waals surface area (Å²) in [7, 11) is 0. The Balaban J connectivity index is 1.95. The van der Waals surface area contributed by atoms with Crippen molar-refractivity contribution in [1.82, 2.24) is 15.0 Å². The molecule has 2 aromatic heterocycles. The average Bonchev–Trinajstić information content (AvgIpc) is 2.80. The van der Waals surface area contributed by atoms with Crippen LogP contribution >= 0.6 is 11.8 Å². The third-order valence-electron chi connectivity index (χ3n) is 2.36. The van der Waals surface area contributed by atoms with E-state index in [9.17, 15) is 4.79 Å².